The van der Waals surface area contributed by atoms with Crippen molar-refractivity contribution < 1.29 is 90.0 Å². The van der Waals surface area contributed by atoms with Crippen molar-refractivity contribution in [1.29, 1.82) is 0 Å². The van der Waals surface area contributed by atoms with E-state index in [4.69, 9.17) is 0 Å². The molecule has 1 rings (SSSR count). The maximum Gasteiger partial charge on any atom is 1.00 e. The molecule has 6 heteroatoms. The molecule has 0 aliphatic heterocycles. The summed E-state index contributed by atoms with van der Waals surface area (Å²) in [5.41, 5.74) is -1.82. The number of aliphatic carboxylic acids is 2. The summed E-state index contributed by atoms with van der Waals surface area (Å²) < 4.78 is 0. The van der Waals surface area contributed by atoms with Gasteiger partial charge in [0.2, 0.25) is 0 Å². The van der Waals surface area contributed by atoms with Gasteiger partial charge in [-0.25, -0.2) is 0 Å². The Morgan fingerprint density at radius 3 is 1.72 bits per heavy atom. The Hall–Kier alpha value is 1.17. The van der Waals surface area contributed by atoms with E-state index >= 15 is 0 Å². The van der Waals surface area contributed by atoms with Crippen LogP contribution in [-0.2, 0) is 9.59 Å². The minimum atomic E-state index is -1.82. The molecule has 92 valence electrons. The summed E-state index contributed by atoms with van der Waals surface area (Å²) >= 11 is 0. The van der Waals surface area contributed by atoms with E-state index in [1.54, 1.807) is 13.8 Å². The van der Waals surface area contributed by atoms with Crippen LogP contribution in [0.25, 0.3) is 0 Å². The zero-order valence-corrected chi connectivity index (χ0v) is 14.9. The van der Waals surface area contributed by atoms with Crippen LogP contribution in [0.3, 0.4) is 0 Å². The van der Waals surface area contributed by atoms with E-state index < -0.39 is 23.3 Å². The molecular formula is C12H18KLiO4. The number of carbonyl (C=O) groups excluding carboxylic acids is 2. The maximum absolute atomic E-state index is 11.3. The van der Waals surface area contributed by atoms with Gasteiger partial charge in [0.25, 0.3) is 0 Å². The summed E-state index contributed by atoms with van der Waals surface area (Å²) in [6.07, 6.45) is 4.10. The fraction of sp³-hybridized carbons (Fsp3) is 0.833. The van der Waals surface area contributed by atoms with Crippen molar-refractivity contribution >= 4 is 11.9 Å². The molecule has 1 fully saturated rings. The molecule has 0 saturated heterocycles. The molecule has 1 aliphatic rings. The summed E-state index contributed by atoms with van der Waals surface area (Å²) in [7, 11) is 0. The first-order valence-corrected chi connectivity index (χ1v) is 5.87. The zero-order chi connectivity index (χ0) is 12.3. The van der Waals surface area contributed by atoms with Gasteiger partial charge >= 0.3 is 70.2 Å². The SMILES string of the molecule is CC(C)C(C(=O)[O-])(C(=O)[O-])C1CCCCC1.[K+].[Li+]. The standard InChI is InChI=1S/C12H20O4.K.Li/c1-8(2)12(10(13)14,11(15)16)9-6-4-3-5-7-9;;/h8-9H,3-7H2,1-2H3,(H,13,14)(H,15,16);;/q;2*+1/p-2. The van der Waals surface area contributed by atoms with Crippen LogP contribution < -0.4 is 80.5 Å². The van der Waals surface area contributed by atoms with Crippen LogP contribution in [0.1, 0.15) is 46.0 Å². The third kappa shape index (κ3) is 4.08. The van der Waals surface area contributed by atoms with Crippen molar-refractivity contribution in [2.45, 2.75) is 46.0 Å². The average Bonchev–Trinajstić information content (AvgIpc) is 2.18. The molecule has 0 N–H and O–H groups in total. The van der Waals surface area contributed by atoms with E-state index in [-0.39, 0.29) is 76.2 Å². The van der Waals surface area contributed by atoms with Crippen molar-refractivity contribution in [3.05, 3.63) is 0 Å². The Labute approximate surface area is 163 Å². The van der Waals surface area contributed by atoms with E-state index in [1.807, 2.05) is 0 Å². The van der Waals surface area contributed by atoms with Crippen molar-refractivity contribution in [1.82, 2.24) is 0 Å². The van der Waals surface area contributed by atoms with Crippen LogP contribution in [0.15, 0.2) is 0 Å². The van der Waals surface area contributed by atoms with Crippen LogP contribution in [0, 0.1) is 17.3 Å². The summed E-state index contributed by atoms with van der Waals surface area (Å²) in [6.45, 7) is 3.22. The summed E-state index contributed by atoms with van der Waals surface area (Å²) in [6, 6.07) is 0. The predicted octanol–water partition coefficient (Wildman–Crippen LogP) is -6.28. The molecule has 0 spiro atoms. The zero-order valence-electron chi connectivity index (χ0n) is 11.8. The summed E-state index contributed by atoms with van der Waals surface area (Å²) in [4.78, 5) is 22.5. The Kier molecular flexibility index (Phi) is 10.9. The number of rotatable bonds is 4. The number of carboxylic acid groups (broad SMARTS) is 2. The van der Waals surface area contributed by atoms with Crippen molar-refractivity contribution in [3.8, 4) is 0 Å². The van der Waals surface area contributed by atoms with Gasteiger partial charge in [-0.2, -0.15) is 0 Å². The quantitative estimate of drug-likeness (QED) is 0.377. The largest absolute Gasteiger partial charge is 1.00 e. The molecule has 0 bridgehead atoms. The molecule has 0 amide bonds. The maximum atomic E-state index is 11.3. The van der Waals surface area contributed by atoms with Gasteiger partial charge in [-0.1, -0.05) is 33.1 Å². The first kappa shape index (κ1) is 21.5. The third-order valence-corrected chi connectivity index (χ3v) is 3.84. The topological polar surface area (TPSA) is 80.3 Å². The molecule has 0 aromatic heterocycles. The monoisotopic (exact) mass is 272 g/mol. The van der Waals surface area contributed by atoms with Gasteiger partial charge in [-0.3, -0.25) is 0 Å². The van der Waals surface area contributed by atoms with E-state index in [0.29, 0.717) is 12.8 Å². The Balaban J connectivity index is 0. The van der Waals surface area contributed by atoms with Crippen LogP contribution >= 0.6 is 0 Å². The second-order valence-corrected chi connectivity index (χ2v) is 4.93. The van der Waals surface area contributed by atoms with Gasteiger partial charge in [0.1, 0.15) is 0 Å². The number of hydrogen-bond donors (Lipinski definition) is 0. The molecule has 18 heavy (non-hydrogen) atoms. The van der Waals surface area contributed by atoms with E-state index in [0.717, 1.165) is 19.3 Å². The van der Waals surface area contributed by atoms with Crippen molar-refractivity contribution in [3.63, 3.8) is 0 Å². The predicted molar refractivity (Wildman–Crippen MR) is 53.9 cm³/mol. The first-order chi connectivity index (χ1) is 7.44. The molecule has 0 heterocycles. The molecule has 0 atom stereocenters. The number of hydrogen-bond acceptors (Lipinski definition) is 4. The van der Waals surface area contributed by atoms with Crippen LogP contribution in [0.2, 0.25) is 0 Å². The third-order valence-electron chi connectivity index (χ3n) is 3.84. The molecular weight excluding hydrogens is 254 g/mol. The fourth-order valence-corrected chi connectivity index (χ4v) is 2.92. The Morgan fingerprint density at radius 2 is 1.44 bits per heavy atom. The summed E-state index contributed by atoms with van der Waals surface area (Å²) in [5.74, 6) is -3.84. The van der Waals surface area contributed by atoms with Gasteiger partial charge in [0.15, 0.2) is 0 Å². The minimum Gasteiger partial charge on any atom is -0.549 e. The van der Waals surface area contributed by atoms with Gasteiger partial charge < -0.3 is 19.8 Å². The van der Waals surface area contributed by atoms with Gasteiger partial charge in [0.05, 0.1) is 17.4 Å². The Morgan fingerprint density at radius 1 is 1.06 bits per heavy atom. The van der Waals surface area contributed by atoms with Crippen LogP contribution in [0.4, 0.5) is 0 Å². The normalized spacial score (nSPS) is 16.6. The summed E-state index contributed by atoms with van der Waals surface area (Å²) in [5, 5.41) is 22.5. The van der Waals surface area contributed by atoms with Crippen molar-refractivity contribution in [2.24, 2.45) is 17.3 Å². The minimum absolute atomic E-state index is 0. The molecule has 0 radical (unpaired) electrons. The molecule has 4 nitrogen and oxygen atoms in total. The molecule has 0 aromatic rings. The van der Waals surface area contributed by atoms with E-state index in [9.17, 15) is 19.8 Å². The van der Waals surface area contributed by atoms with Crippen LogP contribution in [-0.4, -0.2) is 11.9 Å². The number of carboxylic acids is 2. The first-order valence-electron chi connectivity index (χ1n) is 5.87. The molecule has 0 unspecified atom stereocenters. The second-order valence-electron chi connectivity index (χ2n) is 4.93. The van der Waals surface area contributed by atoms with E-state index in [2.05, 4.69) is 0 Å². The Bertz CT molecular complexity index is 274. The molecule has 1 saturated carbocycles. The van der Waals surface area contributed by atoms with Crippen molar-refractivity contribution in [2.75, 3.05) is 0 Å². The van der Waals surface area contributed by atoms with Gasteiger partial charge in [-0.05, 0) is 24.7 Å². The second kappa shape index (κ2) is 9.17. The average molecular weight is 272 g/mol. The van der Waals surface area contributed by atoms with Gasteiger partial charge in [0, 0.05) is 0 Å². The molecule has 1 aliphatic carbocycles. The smallest absolute Gasteiger partial charge is 0.549 e. The molecule has 0 aromatic carbocycles. The fourth-order valence-electron chi connectivity index (χ4n) is 2.92. The van der Waals surface area contributed by atoms with Crippen LogP contribution in [0.5, 0.6) is 0 Å². The number of carbonyl (C=O) groups is 2. The van der Waals surface area contributed by atoms with Gasteiger partial charge in [-0.15, -0.1) is 0 Å². The van der Waals surface area contributed by atoms with E-state index in [1.165, 1.54) is 0 Å².